The topological polar surface area (TPSA) is 18.5 Å². The lowest BCUT2D eigenvalue weighted by atomic mass is 9.91. The summed E-state index contributed by atoms with van der Waals surface area (Å²) in [5.41, 5.74) is 1.63. The third-order valence-corrected chi connectivity index (χ3v) is 7.03. The second-order valence-corrected chi connectivity index (χ2v) is 8.82. The second-order valence-electron chi connectivity index (χ2n) is 6.14. The van der Waals surface area contributed by atoms with E-state index in [1.54, 1.807) is 14.2 Å². The molecule has 0 aliphatic carbocycles. The fraction of sp³-hybridized carbons (Fsp3) is 0.200. The van der Waals surface area contributed by atoms with Crippen LogP contribution in [0.2, 0.25) is 0 Å². The molecule has 3 heteroatoms. The van der Waals surface area contributed by atoms with Crippen molar-refractivity contribution in [3.8, 4) is 0 Å². The second kappa shape index (κ2) is 5.60. The summed E-state index contributed by atoms with van der Waals surface area (Å²) in [6.45, 7) is 2.22. The third-order valence-electron chi connectivity index (χ3n) is 4.93. The summed E-state index contributed by atoms with van der Waals surface area (Å²) in [5, 5.41) is 7.96. The normalized spacial score (nSPS) is 13.6. The smallest absolute Gasteiger partial charge is 0.328 e. The standard InChI is InChI=1S/C20H20O2Si/c1-13(23(21-2)22-3)17-11-9-16-8-7-14-5-4-6-15-10-12-18(17)20(16)19(14)15/h4-13,23H,1-3H3. The number of benzene rings is 4. The van der Waals surface area contributed by atoms with Gasteiger partial charge < -0.3 is 8.85 Å². The molecule has 23 heavy (non-hydrogen) atoms. The highest BCUT2D eigenvalue weighted by atomic mass is 28.3. The highest BCUT2D eigenvalue weighted by Gasteiger charge is 2.24. The van der Waals surface area contributed by atoms with E-state index >= 15 is 0 Å². The first-order valence-electron chi connectivity index (χ1n) is 7.96. The van der Waals surface area contributed by atoms with Gasteiger partial charge in [0.25, 0.3) is 0 Å². The van der Waals surface area contributed by atoms with Crippen LogP contribution in [-0.2, 0) is 8.85 Å². The van der Waals surface area contributed by atoms with E-state index in [1.165, 1.54) is 37.9 Å². The Labute approximate surface area is 137 Å². The van der Waals surface area contributed by atoms with E-state index in [1.807, 2.05) is 0 Å². The van der Waals surface area contributed by atoms with Crippen LogP contribution in [-0.4, -0.2) is 23.5 Å². The molecule has 0 N–H and O–H groups in total. The quantitative estimate of drug-likeness (QED) is 0.399. The molecule has 4 rings (SSSR count). The number of hydrogen-bond acceptors (Lipinski definition) is 2. The zero-order chi connectivity index (χ0) is 16.0. The van der Waals surface area contributed by atoms with Crippen LogP contribution < -0.4 is 0 Å². The molecule has 0 aliphatic heterocycles. The Morgan fingerprint density at radius 1 is 0.739 bits per heavy atom. The van der Waals surface area contributed by atoms with Crippen LogP contribution in [0.5, 0.6) is 0 Å². The molecule has 0 amide bonds. The average molecular weight is 320 g/mol. The van der Waals surface area contributed by atoms with Gasteiger partial charge in [0.1, 0.15) is 0 Å². The molecule has 4 aromatic rings. The monoisotopic (exact) mass is 320 g/mol. The molecule has 4 aromatic carbocycles. The van der Waals surface area contributed by atoms with E-state index in [0.29, 0.717) is 5.54 Å². The maximum atomic E-state index is 5.62. The summed E-state index contributed by atoms with van der Waals surface area (Å²) in [7, 11) is 1.80. The van der Waals surface area contributed by atoms with Crippen molar-refractivity contribution in [2.45, 2.75) is 12.5 Å². The minimum absolute atomic E-state index is 0.301. The molecule has 0 saturated carbocycles. The molecule has 0 heterocycles. The molecule has 1 unspecified atom stereocenters. The molecular formula is C20H20O2Si. The summed E-state index contributed by atoms with van der Waals surface area (Å²) >= 11 is 0. The van der Waals surface area contributed by atoms with Gasteiger partial charge in [-0.05, 0) is 37.9 Å². The predicted octanol–water partition coefficient (Wildman–Crippen LogP) is 4.74. The van der Waals surface area contributed by atoms with Crippen molar-refractivity contribution in [3.05, 3.63) is 60.2 Å². The van der Waals surface area contributed by atoms with Crippen molar-refractivity contribution in [1.82, 2.24) is 0 Å². The Kier molecular flexibility index (Phi) is 3.57. The lowest BCUT2D eigenvalue weighted by molar-refractivity contribution is 0.269. The first-order chi connectivity index (χ1) is 11.2. The molecule has 0 aromatic heterocycles. The Balaban J connectivity index is 2.07. The summed E-state index contributed by atoms with van der Waals surface area (Å²) in [4.78, 5) is 0. The third kappa shape index (κ3) is 2.16. The summed E-state index contributed by atoms with van der Waals surface area (Å²) in [6, 6.07) is 19.9. The SMILES string of the molecule is CO[SiH](OC)C(C)c1ccc2ccc3cccc4ccc1c2c34. The lowest BCUT2D eigenvalue weighted by Crippen LogP contribution is -2.27. The maximum Gasteiger partial charge on any atom is 0.328 e. The molecule has 0 saturated heterocycles. The van der Waals surface area contributed by atoms with Crippen molar-refractivity contribution in [1.29, 1.82) is 0 Å². The fourth-order valence-corrected chi connectivity index (χ4v) is 5.40. The van der Waals surface area contributed by atoms with Gasteiger partial charge in [-0.1, -0.05) is 61.5 Å². The van der Waals surface area contributed by atoms with E-state index < -0.39 is 9.28 Å². The van der Waals surface area contributed by atoms with E-state index in [-0.39, 0.29) is 0 Å². The fourth-order valence-electron chi connectivity index (χ4n) is 3.81. The van der Waals surface area contributed by atoms with Gasteiger partial charge in [0, 0.05) is 19.8 Å². The maximum absolute atomic E-state index is 5.62. The van der Waals surface area contributed by atoms with Gasteiger partial charge in [0.05, 0.1) is 0 Å². The van der Waals surface area contributed by atoms with E-state index in [4.69, 9.17) is 8.85 Å². The molecular weight excluding hydrogens is 300 g/mol. The summed E-state index contributed by atoms with van der Waals surface area (Å²) in [5.74, 6) is 0. The Morgan fingerprint density at radius 3 is 1.96 bits per heavy atom. The van der Waals surface area contributed by atoms with Crippen LogP contribution in [0, 0.1) is 0 Å². The van der Waals surface area contributed by atoms with Crippen molar-refractivity contribution in [3.63, 3.8) is 0 Å². The zero-order valence-corrected chi connectivity index (χ0v) is 14.8. The van der Waals surface area contributed by atoms with Crippen LogP contribution in [0.1, 0.15) is 18.0 Å². The first kappa shape index (κ1) is 14.6. The van der Waals surface area contributed by atoms with Gasteiger partial charge in [-0.3, -0.25) is 0 Å². The van der Waals surface area contributed by atoms with E-state index in [9.17, 15) is 0 Å². The van der Waals surface area contributed by atoms with Gasteiger partial charge in [-0.2, -0.15) is 0 Å². The van der Waals surface area contributed by atoms with Crippen LogP contribution in [0.4, 0.5) is 0 Å². The Morgan fingerprint density at radius 2 is 1.30 bits per heavy atom. The number of hydrogen-bond donors (Lipinski definition) is 0. The summed E-state index contributed by atoms with van der Waals surface area (Å²) in [6.07, 6.45) is 0. The predicted molar refractivity (Wildman–Crippen MR) is 99.7 cm³/mol. The van der Waals surface area contributed by atoms with Crippen molar-refractivity contribution >= 4 is 41.6 Å². The minimum Gasteiger partial charge on any atom is -0.400 e. The van der Waals surface area contributed by atoms with Crippen LogP contribution >= 0.6 is 0 Å². The van der Waals surface area contributed by atoms with E-state index in [0.717, 1.165) is 0 Å². The molecule has 0 radical (unpaired) electrons. The van der Waals surface area contributed by atoms with Crippen molar-refractivity contribution < 1.29 is 8.85 Å². The number of rotatable bonds is 4. The Bertz CT molecular complexity index is 959. The first-order valence-corrected chi connectivity index (χ1v) is 9.57. The van der Waals surface area contributed by atoms with Crippen LogP contribution in [0.3, 0.4) is 0 Å². The molecule has 0 fully saturated rings. The van der Waals surface area contributed by atoms with Gasteiger partial charge in [-0.15, -0.1) is 0 Å². The van der Waals surface area contributed by atoms with Gasteiger partial charge in [0.15, 0.2) is 0 Å². The van der Waals surface area contributed by atoms with Crippen LogP contribution in [0.15, 0.2) is 54.6 Å². The van der Waals surface area contributed by atoms with Gasteiger partial charge in [-0.25, -0.2) is 0 Å². The molecule has 0 bridgehead atoms. The van der Waals surface area contributed by atoms with Gasteiger partial charge >= 0.3 is 9.28 Å². The minimum atomic E-state index is -1.71. The summed E-state index contributed by atoms with van der Waals surface area (Å²) < 4.78 is 11.2. The highest BCUT2D eigenvalue weighted by Crippen LogP contribution is 2.38. The molecule has 2 nitrogen and oxygen atoms in total. The lowest BCUT2D eigenvalue weighted by Gasteiger charge is -2.22. The molecule has 0 spiro atoms. The molecule has 1 atom stereocenters. The van der Waals surface area contributed by atoms with Crippen molar-refractivity contribution in [2.75, 3.05) is 14.2 Å². The van der Waals surface area contributed by atoms with E-state index in [2.05, 4.69) is 61.5 Å². The molecule has 116 valence electrons. The van der Waals surface area contributed by atoms with Crippen LogP contribution in [0.25, 0.3) is 32.3 Å². The Hall–Kier alpha value is -1.94. The average Bonchev–Trinajstić information content (AvgIpc) is 2.60. The van der Waals surface area contributed by atoms with Gasteiger partial charge in [0.2, 0.25) is 0 Å². The molecule has 0 aliphatic rings. The zero-order valence-electron chi connectivity index (χ0n) is 13.7. The highest BCUT2D eigenvalue weighted by molar-refractivity contribution is 6.46. The largest absolute Gasteiger partial charge is 0.400 e. The van der Waals surface area contributed by atoms with Crippen molar-refractivity contribution in [2.24, 2.45) is 0 Å².